The first-order valence-electron chi connectivity index (χ1n) is 10.4. The van der Waals surface area contributed by atoms with Gasteiger partial charge in [0.25, 0.3) is 5.91 Å². The molecule has 27 heavy (non-hydrogen) atoms. The summed E-state index contributed by atoms with van der Waals surface area (Å²) in [6.45, 7) is 8.85. The van der Waals surface area contributed by atoms with Crippen molar-refractivity contribution in [1.29, 1.82) is 0 Å². The van der Waals surface area contributed by atoms with E-state index in [9.17, 15) is 4.79 Å². The molecule has 0 aliphatic carbocycles. The first kappa shape index (κ1) is 18.4. The van der Waals surface area contributed by atoms with Crippen molar-refractivity contribution < 1.29 is 9.53 Å². The minimum atomic E-state index is -0.404. The number of primary amides is 1. The Kier molecular flexibility index (Phi) is 4.89. The van der Waals surface area contributed by atoms with Crippen LogP contribution in [0.15, 0.2) is 24.3 Å². The van der Waals surface area contributed by atoms with E-state index < -0.39 is 5.91 Å². The van der Waals surface area contributed by atoms with Gasteiger partial charge in [-0.2, -0.15) is 0 Å². The number of aromatic nitrogens is 1. The van der Waals surface area contributed by atoms with Gasteiger partial charge in [0.1, 0.15) is 11.2 Å². The number of unbranched alkanes of at least 4 members (excludes halogenated alkanes) is 1. The van der Waals surface area contributed by atoms with Gasteiger partial charge in [0.2, 0.25) is 5.88 Å². The van der Waals surface area contributed by atoms with Gasteiger partial charge >= 0.3 is 0 Å². The molecule has 1 aromatic carbocycles. The second-order valence-electron chi connectivity index (χ2n) is 8.35. The first-order valence-corrected chi connectivity index (χ1v) is 10.4. The Balaban J connectivity index is 1.58. The van der Waals surface area contributed by atoms with Crippen LogP contribution < -0.4 is 10.5 Å². The van der Waals surface area contributed by atoms with Crippen molar-refractivity contribution in [2.75, 3.05) is 19.6 Å². The molecule has 1 fully saturated rings. The Morgan fingerprint density at radius 2 is 2.00 bits per heavy atom. The summed E-state index contributed by atoms with van der Waals surface area (Å²) in [5.41, 5.74) is 7.09. The van der Waals surface area contributed by atoms with Crippen molar-refractivity contribution in [2.24, 2.45) is 11.7 Å². The van der Waals surface area contributed by atoms with Gasteiger partial charge in [-0.25, -0.2) is 0 Å². The summed E-state index contributed by atoms with van der Waals surface area (Å²) < 4.78 is 8.73. The standard InChI is InChI=1S/C22H31N3O2/c1-3-4-12-24-13-9-16(10-14-24)22(2)11-15-25-18-8-6-5-7-17(18)19(20(23)26)21(25)27-22/h5-8,16H,3-4,9-15H2,1-2H3,(H2,23,26). The number of carbonyl (C=O) groups is 1. The van der Waals surface area contributed by atoms with E-state index in [1.54, 1.807) is 0 Å². The van der Waals surface area contributed by atoms with E-state index in [1.807, 2.05) is 24.3 Å². The summed E-state index contributed by atoms with van der Waals surface area (Å²) in [4.78, 5) is 14.8. The second-order valence-corrected chi connectivity index (χ2v) is 8.35. The average molecular weight is 370 g/mol. The number of fused-ring (bicyclic) bond motifs is 3. The molecule has 3 heterocycles. The zero-order chi connectivity index (χ0) is 19.0. The molecule has 0 radical (unpaired) electrons. The Morgan fingerprint density at radius 3 is 2.70 bits per heavy atom. The molecule has 0 bridgehead atoms. The highest BCUT2D eigenvalue weighted by atomic mass is 16.5. The number of benzene rings is 1. The molecule has 5 nitrogen and oxygen atoms in total. The van der Waals surface area contributed by atoms with Crippen LogP contribution in [0.4, 0.5) is 0 Å². The van der Waals surface area contributed by atoms with E-state index in [4.69, 9.17) is 10.5 Å². The largest absolute Gasteiger partial charge is 0.472 e. The molecule has 0 saturated carbocycles. The Morgan fingerprint density at radius 1 is 1.26 bits per heavy atom. The lowest BCUT2D eigenvalue weighted by Gasteiger charge is -2.45. The third kappa shape index (κ3) is 3.22. The van der Waals surface area contributed by atoms with Crippen LogP contribution in [0.25, 0.3) is 10.9 Å². The first-order chi connectivity index (χ1) is 13.0. The molecule has 0 spiro atoms. The molecular formula is C22H31N3O2. The van der Waals surface area contributed by atoms with Gasteiger partial charge in [-0.1, -0.05) is 31.5 Å². The molecule has 2 aromatic rings. The topological polar surface area (TPSA) is 60.5 Å². The third-order valence-electron chi connectivity index (χ3n) is 6.61. The highest BCUT2D eigenvalue weighted by Gasteiger charge is 2.42. The van der Waals surface area contributed by atoms with Gasteiger partial charge in [0, 0.05) is 24.3 Å². The summed E-state index contributed by atoms with van der Waals surface area (Å²) in [6, 6.07) is 7.96. The van der Waals surface area contributed by atoms with E-state index in [1.165, 1.54) is 19.4 Å². The lowest BCUT2D eigenvalue weighted by Crippen LogP contribution is -2.49. The summed E-state index contributed by atoms with van der Waals surface area (Å²) in [7, 11) is 0. The van der Waals surface area contributed by atoms with Crippen molar-refractivity contribution in [3.63, 3.8) is 0 Å². The molecule has 146 valence electrons. The molecule has 1 atom stereocenters. The lowest BCUT2D eigenvalue weighted by atomic mass is 9.79. The Bertz CT molecular complexity index is 835. The van der Waals surface area contributed by atoms with Gasteiger partial charge in [-0.15, -0.1) is 0 Å². The van der Waals surface area contributed by atoms with Crippen molar-refractivity contribution in [3.8, 4) is 5.88 Å². The molecule has 4 rings (SSSR count). The minimum Gasteiger partial charge on any atom is -0.472 e. The zero-order valence-corrected chi connectivity index (χ0v) is 16.5. The number of likely N-dealkylation sites (tertiary alicyclic amines) is 1. The molecule has 2 aliphatic rings. The number of carbonyl (C=O) groups excluding carboxylic acids is 1. The zero-order valence-electron chi connectivity index (χ0n) is 16.5. The maximum Gasteiger partial charge on any atom is 0.254 e. The molecule has 2 N–H and O–H groups in total. The van der Waals surface area contributed by atoms with Crippen LogP contribution in [0.5, 0.6) is 5.88 Å². The SMILES string of the molecule is CCCCN1CCC(C2(C)CCn3c(c(C(N)=O)c4ccccc43)O2)CC1. The van der Waals surface area contributed by atoms with Gasteiger partial charge < -0.3 is 19.9 Å². The van der Waals surface area contributed by atoms with Gasteiger partial charge in [-0.3, -0.25) is 4.79 Å². The van der Waals surface area contributed by atoms with E-state index in [0.29, 0.717) is 17.4 Å². The summed E-state index contributed by atoms with van der Waals surface area (Å²) >= 11 is 0. The van der Waals surface area contributed by atoms with Crippen LogP contribution in [0, 0.1) is 5.92 Å². The smallest absolute Gasteiger partial charge is 0.254 e. The number of nitrogens with zero attached hydrogens (tertiary/aromatic N) is 2. The number of ether oxygens (including phenoxy) is 1. The number of hydrogen-bond acceptors (Lipinski definition) is 3. The fourth-order valence-corrected chi connectivity index (χ4v) is 4.89. The second kappa shape index (κ2) is 7.19. The number of hydrogen-bond donors (Lipinski definition) is 1. The molecule has 1 aromatic heterocycles. The monoisotopic (exact) mass is 369 g/mol. The fourth-order valence-electron chi connectivity index (χ4n) is 4.89. The van der Waals surface area contributed by atoms with Crippen molar-refractivity contribution in [2.45, 2.75) is 58.1 Å². The molecule has 1 saturated heterocycles. The molecule has 2 aliphatic heterocycles. The molecule has 1 amide bonds. The number of para-hydroxylation sites is 1. The van der Waals surface area contributed by atoms with Crippen LogP contribution >= 0.6 is 0 Å². The van der Waals surface area contributed by atoms with Gasteiger partial charge in [0.15, 0.2) is 0 Å². The third-order valence-corrected chi connectivity index (χ3v) is 6.61. The quantitative estimate of drug-likeness (QED) is 0.872. The van der Waals surface area contributed by atoms with Gasteiger partial charge in [-0.05, 0) is 51.9 Å². The van der Waals surface area contributed by atoms with E-state index in [-0.39, 0.29) is 5.60 Å². The van der Waals surface area contributed by atoms with Crippen LogP contribution in [0.2, 0.25) is 0 Å². The Labute approximate surface area is 161 Å². The van der Waals surface area contributed by atoms with Gasteiger partial charge in [0.05, 0.1) is 5.52 Å². The summed E-state index contributed by atoms with van der Waals surface area (Å²) in [5.74, 6) is 0.785. The summed E-state index contributed by atoms with van der Waals surface area (Å²) in [5, 5.41) is 0.902. The predicted octanol–water partition coefficient (Wildman–Crippen LogP) is 3.79. The van der Waals surface area contributed by atoms with Crippen LogP contribution in [-0.2, 0) is 6.54 Å². The van der Waals surface area contributed by atoms with Crippen molar-refractivity contribution >= 4 is 16.8 Å². The van der Waals surface area contributed by atoms with E-state index in [2.05, 4.69) is 23.3 Å². The highest BCUT2D eigenvalue weighted by molar-refractivity contribution is 6.09. The van der Waals surface area contributed by atoms with Crippen molar-refractivity contribution in [3.05, 3.63) is 29.8 Å². The van der Waals surface area contributed by atoms with Crippen LogP contribution in [0.1, 0.15) is 56.3 Å². The molecular weight excluding hydrogens is 338 g/mol. The van der Waals surface area contributed by atoms with E-state index >= 15 is 0 Å². The maximum absolute atomic E-state index is 12.2. The fraction of sp³-hybridized carbons (Fsp3) is 0.591. The summed E-state index contributed by atoms with van der Waals surface area (Å²) in [6.07, 6.45) is 5.82. The predicted molar refractivity (Wildman–Crippen MR) is 108 cm³/mol. The average Bonchev–Trinajstić information content (AvgIpc) is 3.00. The normalized spacial score (nSPS) is 23.9. The minimum absolute atomic E-state index is 0.231. The molecule has 5 heteroatoms. The maximum atomic E-state index is 12.2. The Hall–Kier alpha value is -2.01. The number of rotatable bonds is 5. The van der Waals surface area contributed by atoms with Crippen LogP contribution in [0.3, 0.4) is 0 Å². The number of aryl methyl sites for hydroxylation is 1. The molecule has 1 unspecified atom stereocenters. The van der Waals surface area contributed by atoms with Crippen molar-refractivity contribution in [1.82, 2.24) is 9.47 Å². The highest BCUT2D eigenvalue weighted by Crippen LogP contribution is 2.43. The number of nitrogens with two attached hydrogens (primary N) is 1. The van der Waals surface area contributed by atoms with Crippen LogP contribution in [-0.4, -0.2) is 40.6 Å². The lowest BCUT2D eigenvalue weighted by molar-refractivity contribution is -0.0361. The number of piperidine rings is 1. The van der Waals surface area contributed by atoms with E-state index in [0.717, 1.165) is 49.8 Å². The number of amides is 1.